The van der Waals surface area contributed by atoms with Crippen LogP contribution in [-0.2, 0) is 15.1 Å². The van der Waals surface area contributed by atoms with Gasteiger partial charge in [-0.05, 0) is 69.4 Å². The van der Waals surface area contributed by atoms with E-state index in [4.69, 9.17) is 15.9 Å². The molecule has 5 aliphatic rings. The number of hydrogen-bond donors (Lipinski definition) is 3. The number of ether oxygens (including phenoxy) is 1. The first-order chi connectivity index (χ1) is 17.1. The van der Waals surface area contributed by atoms with Crippen molar-refractivity contribution >= 4 is 33.4 Å². The molecule has 1 aliphatic carbocycles. The van der Waals surface area contributed by atoms with E-state index in [0.29, 0.717) is 55.8 Å². The number of nitrogens with one attached hydrogen (secondary N) is 2. The summed E-state index contributed by atoms with van der Waals surface area (Å²) in [6, 6.07) is 10.2. The lowest BCUT2D eigenvalue weighted by Crippen LogP contribution is -2.62. The molecule has 0 aromatic heterocycles. The summed E-state index contributed by atoms with van der Waals surface area (Å²) in [6.45, 7) is 2.47. The summed E-state index contributed by atoms with van der Waals surface area (Å²) < 4.78 is 7.10. The number of piperidine rings is 1. The Labute approximate surface area is 217 Å². The van der Waals surface area contributed by atoms with E-state index >= 15 is 0 Å². The zero-order valence-electron chi connectivity index (χ0n) is 20.1. The van der Waals surface area contributed by atoms with E-state index in [1.165, 1.54) is 0 Å². The number of carbonyl (C=O) groups is 1. The van der Waals surface area contributed by atoms with Gasteiger partial charge in [0.25, 0.3) is 5.91 Å². The fourth-order valence-corrected chi connectivity index (χ4v) is 7.56. The number of benzene rings is 1. The zero-order valence-corrected chi connectivity index (χ0v) is 21.7. The lowest BCUT2D eigenvalue weighted by atomic mass is 9.48. The molecule has 184 valence electrons. The number of likely N-dealkylation sites (tertiary alicyclic amines) is 1. The molecule has 2 fully saturated rings. The number of halogens is 1. The van der Waals surface area contributed by atoms with E-state index in [1.807, 2.05) is 32.3 Å². The fourth-order valence-electron chi connectivity index (χ4n) is 7.20. The minimum Gasteiger partial charge on any atom is -0.455 e. The van der Waals surface area contributed by atoms with Gasteiger partial charge in [0.05, 0.1) is 29.3 Å². The number of carbonyl (C=O) groups excluding carboxylic acids is 1. The van der Waals surface area contributed by atoms with Crippen LogP contribution in [0.4, 0.5) is 5.69 Å². The second-order valence-corrected chi connectivity index (χ2v) is 11.5. The van der Waals surface area contributed by atoms with Gasteiger partial charge in [0.1, 0.15) is 0 Å². The number of fused-ring (bicyclic) bond motifs is 4. The standard InChI is InChI=1S/C26H26BrN7O2/c1-33-7-5-24(6-8-33)16-10-34(2)11-17-19(16)20(21(30)25(24,12-28)13-29)22(31)36-26(17)15-9-14(27)3-4-18(15)32-23(26)35/h3-4,9,17,31H,5-8,10-11,30H2,1-2H3,(H,32,35)/t17-,26-/m0/s1. The molecule has 2 spiro atoms. The highest BCUT2D eigenvalue weighted by molar-refractivity contribution is 9.10. The molecule has 4 heterocycles. The number of hydrogen-bond acceptors (Lipinski definition) is 8. The molecule has 0 unspecified atom stereocenters. The molecule has 2 atom stereocenters. The molecule has 4 aliphatic heterocycles. The molecule has 9 nitrogen and oxygen atoms in total. The summed E-state index contributed by atoms with van der Waals surface area (Å²) in [7, 11) is 4.02. The number of allylic oxidation sites excluding steroid dienone is 1. The first-order valence-corrected chi connectivity index (χ1v) is 12.8. The molecule has 4 N–H and O–H groups in total. The van der Waals surface area contributed by atoms with Gasteiger partial charge in [0, 0.05) is 34.2 Å². The molecular formula is C26H26BrN7O2. The van der Waals surface area contributed by atoms with Crippen molar-refractivity contribution in [1.82, 2.24) is 9.80 Å². The fraction of sp³-hybridized carbons (Fsp3) is 0.462. The lowest BCUT2D eigenvalue weighted by Gasteiger charge is -2.58. The molecule has 6 rings (SSSR count). The molecule has 2 saturated heterocycles. The molecular weight excluding hydrogens is 522 g/mol. The SMILES string of the molecule is CN1CCC2(CC1)C1=C3C(=C(N)C2(C#N)C#N)C(=N)O[C@]2(C(=O)Nc4ccc(Br)cc42)[C@H]3CN(C)C1. The van der Waals surface area contributed by atoms with E-state index in [0.717, 1.165) is 15.6 Å². The van der Waals surface area contributed by atoms with Crippen LogP contribution < -0.4 is 11.1 Å². The van der Waals surface area contributed by atoms with Crippen LogP contribution in [0.25, 0.3) is 0 Å². The smallest absolute Gasteiger partial charge is 0.274 e. The van der Waals surface area contributed by atoms with Gasteiger partial charge in [-0.3, -0.25) is 10.2 Å². The normalized spacial score (nSPS) is 30.4. The quantitative estimate of drug-likeness (QED) is 0.452. The van der Waals surface area contributed by atoms with Crippen LogP contribution in [0, 0.1) is 44.8 Å². The van der Waals surface area contributed by atoms with E-state index in [-0.39, 0.29) is 17.5 Å². The molecule has 0 saturated carbocycles. The third-order valence-electron chi connectivity index (χ3n) is 8.96. The average Bonchev–Trinajstić information content (AvgIpc) is 3.12. The van der Waals surface area contributed by atoms with Crippen molar-refractivity contribution < 1.29 is 9.53 Å². The Morgan fingerprint density at radius 1 is 1.22 bits per heavy atom. The summed E-state index contributed by atoms with van der Waals surface area (Å²) in [5, 5.41) is 33.0. The number of nitrogens with two attached hydrogens (primary N) is 1. The maximum atomic E-state index is 13.7. The molecule has 1 aromatic carbocycles. The molecule has 36 heavy (non-hydrogen) atoms. The topological polar surface area (TPSA) is 142 Å². The van der Waals surface area contributed by atoms with Crippen LogP contribution in [0.1, 0.15) is 18.4 Å². The average molecular weight is 548 g/mol. The van der Waals surface area contributed by atoms with Gasteiger partial charge in [0.2, 0.25) is 11.5 Å². The summed E-state index contributed by atoms with van der Waals surface area (Å²) in [5.41, 5.74) is 6.35. The second-order valence-electron chi connectivity index (χ2n) is 10.6. The Bertz CT molecular complexity index is 1380. The maximum Gasteiger partial charge on any atom is 0.274 e. The van der Waals surface area contributed by atoms with Crippen LogP contribution in [0.3, 0.4) is 0 Å². The summed E-state index contributed by atoms with van der Waals surface area (Å²) in [5.74, 6) is -1.04. The Hall–Kier alpha value is -3.18. The van der Waals surface area contributed by atoms with Crippen molar-refractivity contribution in [2.24, 2.45) is 22.5 Å². The first-order valence-electron chi connectivity index (χ1n) is 12.0. The van der Waals surface area contributed by atoms with E-state index in [9.17, 15) is 15.3 Å². The predicted molar refractivity (Wildman–Crippen MR) is 135 cm³/mol. The van der Waals surface area contributed by atoms with Crippen LogP contribution in [0.5, 0.6) is 0 Å². The van der Waals surface area contributed by atoms with Crippen molar-refractivity contribution in [2.45, 2.75) is 18.4 Å². The number of amides is 1. The Kier molecular flexibility index (Phi) is 4.79. The third kappa shape index (κ3) is 2.54. The first kappa shape index (κ1) is 23.2. The zero-order chi connectivity index (χ0) is 25.6. The maximum absolute atomic E-state index is 13.7. The van der Waals surface area contributed by atoms with Gasteiger partial charge in [-0.1, -0.05) is 15.9 Å². The number of rotatable bonds is 0. The van der Waals surface area contributed by atoms with E-state index < -0.39 is 22.3 Å². The van der Waals surface area contributed by atoms with Crippen molar-refractivity contribution in [3.05, 3.63) is 50.7 Å². The molecule has 10 heteroatoms. The van der Waals surface area contributed by atoms with E-state index in [1.54, 1.807) is 0 Å². The van der Waals surface area contributed by atoms with Gasteiger partial charge < -0.3 is 25.6 Å². The van der Waals surface area contributed by atoms with Crippen LogP contribution in [0.15, 0.2) is 45.1 Å². The molecule has 0 radical (unpaired) electrons. The van der Waals surface area contributed by atoms with Gasteiger partial charge in [-0.25, -0.2) is 0 Å². The monoisotopic (exact) mass is 547 g/mol. The van der Waals surface area contributed by atoms with Crippen LogP contribution >= 0.6 is 15.9 Å². The van der Waals surface area contributed by atoms with Gasteiger partial charge in [-0.15, -0.1) is 0 Å². The summed E-state index contributed by atoms with van der Waals surface area (Å²) in [6.07, 6.45) is 1.18. The minimum atomic E-state index is -1.62. The van der Waals surface area contributed by atoms with Gasteiger partial charge in [-0.2, -0.15) is 10.5 Å². The highest BCUT2D eigenvalue weighted by atomic mass is 79.9. The van der Waals surface area contributed by atoms with Gasteiger partial charge in [0.15, 0.2) is 5.41 Å². The Morgan fingerprint density at radius 3 is 2.58 bits per heavy atom. The predicted octanol–water partition coefficient (Wildman–Crippen LogP) is 2.43. The van der Waals surface area contributed by atoms with Crippen molar-refractivity contribution in [2.75, 3.05) is 45.6 Å². The van der Waals surface area contributed by atoms with Crippen LogP contribution in [0.2, 0.25) is 0 Å². The highest BCUT2D eigenvalue weighted by Gasteiger charge is 2.68. The number of nitrogens with zero attached hydrogens (tertiary/aromatic N) is 4. The van der Waals surface area contributed by atoms with Crippen molar-refractivity contribution in [3.63, 3.8) is 0 Å². The number of anilines is 1. The second kappa shape index (κ2) is 7.42. The Morgan fingerprint density at radius 2 is 1.92 bits per heavy atom. The Balaban J connectivity index is 1.69. The highest BCUT2D eigenvalue weighted by Crippen LogP contribution is 2.64. The van der Waals surface area contributed by atoms with Crippen molar-refractivity contribution in [3.8, 4) is 12.1 Å². The van der Waals surface area contributed by atoms with Gasteiger partial charge >= 0.3 is 0 Å². The number of likely N-dealkylation sites (N-methyl/N-ethyl adjacent to an activating group) is 1. The summed E-state index contributed by atoms with van der Waals surface area (Å²) in [4.78, 5) is 18.1. The van der Waals surface area contributed by atoms with E-state index in [2.05, 4.69) is 43.2 Å². The summed E-state index contributed by atoms with van der Waals surface area (Å²) >= 11 is 3.53. The molecule has 1 aromatic rings. The largest absolute Gasteiger partial charge is 0.455 e. The third-order valence-corrected chi connectivity index (χ3v) is 9.45. The van der Waals surface area contributed by atoms with Crippen LogP contribution in [-0.4, -0.2) is 61.9 Å². The molecule has 1 amide bonds. The minimum absolute atomic E-state index is 0.0816. The number of nitriles is 2. The molecule has 0 bridgehead atoms. The lowest BCUT2D eigenvalue weighted by molar-refractivity contribution is -0.138. The van der Waals surface area contributed by atoms with Crippen molar-refractivity contribution in [1.29, 1.82) is 15.9 Å².